The van der Waals surface area contributed by atoms with Gasteiger partial charge in [-0.1, -0.05) is 12.1 Å². The lowest BCUT2D eigenvalue weighted by Crippen LogP contribution is -2.24. The molecule has 0 saturated heterocycles. The molecule has 3 heteroatoms. The molecule has 0 aromatic heterocycles. The van der Waals surface area contributed by atoms with Gasteiger partial charge in [0.15, 0.2) is 0 Å². The Kier molecular flexibility index (Phi) is 4.34. The highest BCUT2D eigenvalue weighted by Crippen LogP contribution is 2.35. The number of hydrogen-bond acceptors (Lipinski definition) is 3. The number of rotatable bonds is 4. The molecule has 0 unspecified atom stereocenters. The SMILES string of the molecule is COc1ccc(CCN)cc1-c1ccc2c(c1)CCCN2C. The van der Waals surface area contributed by atoms with Gasteiger partial charge >= 0.3 is 0 Å². The van der Waals surface area contributed by atoms with Gasteiger partial charge in [0, 0.05) is 24.8 Å². The van der Waals surface area contributed by atoms with Crippen LogP contribution in [0.1, 0.15) is 17.5 Å². The number of benzene rings is 2. The molecule has 2 aromatic carbocycles. The van der Waals surface area contributed by atoms with Crippen molar-refractivity contribution < 1.29 is 4.74 Å². The first kappa shape index (κ1) is 14.9. The van der Waals surface area contributed by atoms with Crippen molar-refractivity contribution in [3.63, 3.8) is 0 Å². The molecule has 1 aliphatic rings. The topological polar surface area (TPSA) is 38.5 Å². The van der Waals surface area contributed by atoms with E-state index >= 15 is 0 Å². The van der Waals surface area contributed by atoms with Crippen LogP contribution in [0.4, 0.5) is 5.69 Å². The Labute approximate surface area is 132 Å². The summed E-state index contributed by atoms with van der Waals surface area (Å²) in [7, 11) is 3.90. The minimum Gasteiger partial charge on any atom is -0.496 e. The number of anilines is 1. The fourth-order valence-electron chi connectivity index (χ4n) is 3.26. The van der Waals surface area contributed by atoms with Gasteiger partial charge in [-0.25, -0.2) is 0 Å². The third-order valence-corrected chi connectivity index (χ3v) is 4.44. The molecule has 2 N–H and O–H groups in total. The molecule has 0 atom stereocenters. The van der Waals surface area contributed by atoms with Crippen LogP contribution in [-0.4, -0.2) is 27.2 Å². The molecule has 0 amide bonds. The van der Waals surface area contributed by atoms with E-state index in [0.717, 1.165) is 30.7 Å². The number of methoxy groups -OCH3 is 1. The summed E-state index contributed by atoms with van der Waals surface area (Å²) in [5.41, 5.74) is 12.1. The smallest absolute Gasteiger partial charge is 0.126 e. The van der Waals surface area contributed by atoms with Crippen LogP contribution in [0.3, 0.4) is 0 Å². The van der Waals surface area contributed by atoms with Crippen molar-refractivity contribution in [2.45, 2.75) is 19.3 Å². The molecule has 2 aromatic rings. The molecule has 3 rings (SSSR count). The molecule has 3 nitrogen and oxygen atoms in total. The zero-order valence-corrected chi connectivity index (χ0v) is 13.4. The third kappa shape index (κ3) is 2.81. The lowest BCUT2D eigenvalue weighted by Gasteiger charge is -2.28. The summed E-state index contributed by atoms with van der Waals surface area (Å²) in [6, 6.07) is 13.1. The van der Waals surface area contributed by atoms with Crippen molar-refractivity contribution >= 4 is 5.69 Å². The van der Waals surface area contributed by atoms with Crippen LogP contribution in [0.2, 0.25) is 0 Å². The van der Waals surface area contributed by atoms with E-state index in [1.54, 1.807) is 7.11 Å². The molecular formula is C19H24N2O. The average Bonchev–Trinajstić information content (AvgIpc) is 2.55. The first-order valence-corrected chi connectivity index (χ1v) is 7.94. The monoisotopic (exact) mass is 296 g/mol. The van der Waals surface area contributed by atoms with Gasteiger partial charge in [0.2, 0.25) is 0 Å². The van der Waals surface area contributed by atoms with Crippen molar-refractivity contribution in [3.05, 3.63) is 47.5 Å². The van der Waals surface area contributed by atoms with E-state index in [9.17, 15) is 0 Å². The highest BCUT2D eigenvalue weighted by Gasteiger charge is 2.15. The lowest BCUT2D eigenvalue weighted by atomic mass is 9.95. The number of fused-ring (bicyclic) bond motifs is 1. The van der Waals surface area contributed by atoms with Crippen molar-refractivity contribution in [1.82, 2.24) is 0 Å². The normalized spacial score (nSPS) is 13.9. The standard InChI is InChI=1S/C19H24N2O/c1-21-11-3-4-16-13-15(6-7-18(16)21)17-12-14(9-10-20)5-8-19(17)22-2/h5-8,12-13H,3-4,9-11,20H2,1-2H3. The molecule has 1 heterocycles. The molecule has 0 fully saturated rings. The van der Waals surface area contributed by atoms with Gasteiger partial charge < -0.3 is 15.4 Å². The molecule has 0 radical (unpaired) electrons. The molecule has 0 bridgehead atoms. The van der Waals surface area contributed by atoms with Crippen LogP contribution in [0, 0.1) is 0 Å². The summed E-state index contributed by atoms with van der Waals surface area (Å²) < 4.78 is 5.56. The second-order valence-electron chi connectivity index (χ2n) is 5.94. The Hall–Kier alpha value is -2.00. The number of ether oxygens (including phenoxy) is 1. The van der Waals surface area contributed by atoms with Crippen LogP contribution >= 0.6 is 0 Å². The highest BCUT2D eigenvalue weighted by molar-refractivity contribution is 5.74. The predicted molar refractivity (Wildman–Crippen MR) is 92.8 cm³/mol. The molecule has 116 valence electrons. The fourth-order valence-corrected chi connectivity index (χ4v) is 3.26. The molecule has 22 heavy (non-hydrogen) atoms. The van der Waals surface area contributed by atoms with Crippen LogP contribution in [-0.2, 0) is 12.8 Å². The summed E-state index contributed by atoms with van der Waals surface area (Å²) in [5.74, 6) is 0.921. The number of hydrogen-bond donors (Lipinski definition) is 1. The Bertz CT molecular complexity index is 666. The Morgan fingerprint density at radius 3 is 2.82 bits per heavy atom. The maximum atomic E-state index is 5.69. The van der Waals surface area contributed by atoms with E-state index in [1.807, 2.05) is 6.07 Å². The summed E-state index contributed by atoms with van der Waals surface area (Å²) in [5, 5.41) is 0. The Balaban J connectivity index is 2.04. The summed E-state index contributed by atoms with van der Waals surface area (Å²) in [6.07, 6.45) is 3.26. The summed E-state index contributed by atoms with van der Waals surface area (Å²) >= 11 is 0. The molecular weight excluding hydrogens is 272 g/mol. The number of nitrogens with zero attached hydrogens (tertiary/aromatic N) is 1. The summed E-state index contributed by atoms with van der Waals surface area (Å²) in [4.78, 5) is 2.34. The third-order valence-electron chi connectivity index (χ3n) is 4.44. The van der Waals surface area contributed by atoms with Gasteiger partial charge in [-0.3, -0.25) is 0 Å². The van der Waals surface area contributed by atoms with E-state index in [4.69, 9.17) is 10.5 Å². The maximum Gasteiger partial charge on any atom is 0.126 e. The lowest BCUT2D eigenvalue weighted by molar-refractivity contribution is 0.416. The summed E-state index contributed by atoms with van der Waals surface area (Å²) in [6.45, 7) is 1.81. The number of aryl methyl sites for hydroxylation is 1. The predicted octanol–water partition coefficient (Wildman–Crippen LogP) is 3.25. The van der Waals surface area contributed by atoms with E-state index in [0.29, 0.717) is 6.54 Å². The minimum absolute atomic E-state index is 0.667. The van der Waals surface area contributed by atoms with Crippen molar-refractivity contribution in [1.29, 1.82) is 0 Å². The van der Waals surface area contributed by atoms with Gasteiger partial charge in [0.25, 0.3) is 0 Å². The van der Waals surface area contributed by atoms with Crippen LogP contribution in [0.5, 0.6) is 5.75 Å². The van der Waals surface area contributed by atoms with Gasteiger partial charge in [-0.2, -0.15) is 0 Å². The van der Waals surface area contributed by atoms with E-state index in [2.05, 4.69) is 42.3 Å². The van der Waals surface area contributed by atoms with Gasteiger partial charge in [0.05, 0.1) is 7.11 Å². The van der Waals surface area contributed by atoms with Crippen molar-refractivity contribution in [3.8, 4) is 16.9 Å². The van der Waals surface area contributed by atoms with Crippen molar-refractivity contribution in [2.24, 2.45) is 5.73 Å². The van der Waals surface area contributed by atoms with Crippen LogP contribution in [0.25, 0.3) is 11.1 Å². The van der Waals surface area contributed by atoms with Crippen molar-refractivity contribution in [2.75, 3.05) is 32.1 Å². The molecule has 0 aliphatic carbocycles. The largest absolute Gasteiger partial charge is 0.496 e. The van der Waals surface area contributed by atoms with E-state index < -0.39 is 0 Å². The van der Waals surface area contributed by atoms with E-state index in [-0.39, 0.29) is 0 Å². The minimum atomic E-state index is 0.667. The fraction of sp³-hybridized carbons (Fsp3) is 0.368. The first-order valence-electron chi connectivity index (χ1n) is 7.94. The quantitative estimate of drug-likeness (QED) is 0.941. The zero-order valence-electron chi connectivity index (χ0n) is 13.4. The van der Waals surface area contributed by atoms with Gasteiger partial charge in [0.1, 0.15) is 5.75 Å². The van der Waals surface area contributed by atoms with Gasteiger partial charge in [-0.05, 0) is 66.8 Å². The maximum absolute atomic E-state index is 5.69. The second kappa shape index (κ2) is 6.41. The Morgan fingerprint density at radius 1 is 1.18 bits per heavy atom. The molecule has 0 saturated carbocycles. The Morgan fingerprint density at radius 2 is 2.05 bits per heavy atom. The van der Waals surface area contributed by atoms with Gasteiger partial charge in [-0.15, -0.1) is 0 Å². The highest BCUT2D eigenvalue weighted by atomic mass is 16.5. The second-order valence-corrected chi connectivity index (χ2v) is 5.94. The first-order chi connectivity index (χ1) is 10.7. The molecule has 1 aliphatic heterocycles. The van der Waals surface area contributed by atoms with E-state index in [1.165, 1.54) is 28.8 Å². The molecule has 0 spiro atoms. The van der Waals surface area contributed by atoms with Crippen LogP contribution < -0.4 is 15.4 Å². The number of nitrogens with two attached hydrogens (primary N) is 1. The zero-order chi connectivity index (χ0) is 15.5. The van der Waals surface area contributed by atoms with Crippen LogP contribution in [0.15, 0.2) is 36.4 Å². The average molecular weight is 296 g/mol.